The van der Waals surface area contributed by atoms with Crippen LogP contribution < -0.4 is 21.3 Å². The summed E-state index contributed by atoms with van der Waals surface area (Å²) in [4.78, 5) is 50.7. The molecule has 6 N–H and O–H groups in total. The molecule has 2 fully saturated rings. The second kappa shape index (κ2) is 18.7. The van der Waals surface area contributed by atoms with Gasteiger partial charge >= 0.3 is 0 Å². The fraction of sp³-hybridized carbons (Fsp3) is 0.581. The summed E-state index contributed by atoms with van der Waals surface area (Å²) >= 11 is 0. The van der Waals surface area contributed by atoms with Crippen molar-refractivity contribution in [3.8, 4) is 5.75 Å². The van der Waals surface area contributed by atoms with Gasteiger partial charge in [-0.1, -0.05) is 32.3 Å². The molecule has 3 aromatic rings. The number of benzene rings is 1. The van der Waals surface area contributed by atoms with E-state index in [4.69, 9.17) is 0 Å². The molecule has 3 aliphatic rings. The summed E-state index contributed by atoms with van der Waals surface area (Å²) in [5, 5.41) is 32.2. The van der Waals surface area contributed by atoms with E-state index >= 15 is 0 Å². The highest BCUT2D eigenvalue weighted by Crippen LogP contribution is 2.62. The number of rotatable bonds is 18. The van der Waals surface area contributed by atoms with Gasteiger partial charge in [0.25, 0.3) is 21.9 Å². The predicted octanol–water partition coefficient (Wildman–Crippen LogP) is 4.96. The van der Waals surface area contributed by atoms with Gasteiger partial charge in [0.2, 0.25) is 11.8 Å². The number of unbranched alkanes of at least 4 members (excludes halogenated alkanes) is 3. The zero-order valence-electron chi connectivity index (χ0n) is 34.6. The van der Waals surface area contributed by atoms with Crippen LogP contribution in [0.3, 0.4) is 0 Å². The first kappa shape index (κ1) is 43.9. The Labute approximate surface area is 346 Å². The molecular weight excluding hydrogens is 777 g/mol. The Morgan fingerprint density at radius 3 is 2.27 bits per heavy atom. The highest BCUT2D eigenvalue weighted by atomic mass is 32.2. The molecule has 3 aliphatic carbocycles. The van der Waals surface area contributed by atoms with Gasteiger partial charge < -0.3 is 40.6 Å². The fourth-order valence-corrected chi connectivity index (χ4v) is 10.7. The van der Waals surface area contributed by atoms with E-state index in [1.54, 1.807) is 24.9 Å². The maximum Gasteiger partial charge on any atom is 0.272 e. The van der Waals surface area contributed by atoms with Gasteiger partial charge in [0, 0.05) is 52.4 Å². The van der Waals surface area contributed by atoms with Crippen LogP contribution in [-0.4, -0.2) is 83.4 Å². The monoisotopic (exact) mass is 836 g/mol. The van der Waals surface area contributed by atoms with Crippen LogP contribution in [0, 0.1) is 23.2 Å². The Bertz CT molecular complexity index is 2130. The summed E-state index contributed by atoms with van der Waals surface area (Å²) in [5.74, 6) is 0.412. The van der Waals surface area contributed by atoms with Gasteiger partial charge in [-0.25, -0.2) is 0 Å². The lowest BCUT2D eigenvalue weighted by molar-refractivity contribution is -0.121. The normalized spacial score (nSPS) is 23.4. The number of phenols is 1. The van der Waals surface area contributed by atoms with Crippen LogP contribution in [-0.2, 0) is 44.4 Å². The number of carbonyl (C=O) groups is 4. The minimum atomic E-state index is -3.78. The first-order chi connectivity index (χ1) is 28.1. The molecule has 2 saturated carbocycles. The predicted molar refractivity (Wildman–Crippen MR) is 223 cm³/mol. The summed E-state index contributed by atoms with van der Waals surface area (Å²) in [7, 11) is 0.528. The van der Waals surface area contributed by atoms with Gasteiger partial charge in [-0.3, -0.25) is 23.4 Å². The van der Waals surface area contributed by atoms with Crippen molar-refractivity contribution in [1.82, 2.24) is 19.8 Å². The fourth-order valence-electron chi connectivity index (χ4n) is 10.0. The number of fused-ring (bicyclic) bond motifs is 5. The minimum absolute atomic E-state index is 0.00290. The van der Waals surface area contributed by atoms with Crippen LogP contribution >= 0.6 is 0 Å². The molecule has 0 bridgehead atoms. The smallest absolute Gasteiger partial charge is 0.272 e. The van der Waals surface area contributed by atoms with Crippen molar-refractivity contribution >= 4 is 45.1 Å². The van der Waals surface area contributed by atoms with Crippen LogP contribution in [0.15, 0.2) is 42.7 Å². The van der Waals surface area contributed by atoms with Crippen molar-refractivity contribution < 1.29 is 42.0 Å². The molecule has 322 valence electrons. The molecule has 6 rings (SSSR count). The van der Waals surface area contributed by atoms with E-state index < -0.39 is 33.6 Å². The molecule has 0 unspecified atom stereocenters. The summed E-state index contributed by atoms with van der Waals surface area (Å²) in [6.45, 7) is 3.03. The molecule has 6 atom stereocenters. The second-order valence-corrected chi connectivity index (χ2v) is 18.8. The number of amides is 4. The summed E-state index contributed by atoms with van der Waals surface area (Å²) in [6, 6.07) is 8.91. The highest BCUT2D eigenvalue weighted by Gasteiger charge is 2.56. The molecular formula is C43H60N6O9S. The number of aromatic nitrogens is 2. The molecule has 16 heteroatoms. The number of hydrogen-bond acceptors (Lipinski definition) is 9. The third-order valence-corrected chi connectivity index (χ3v) is 14.4. The van der Waals surface area contributed by atoms with Crippen LogP contribution in [0.1, 0.15) is 116 Å². The zero-order chi connectivity index (χ0) is 42.5. The molecule has 0 saturated heterocycles. The Morgan fingerprint density at radius 1 is 0.847 bits per heavy atom. The van der Waals surface area contributed by atoms with Crippen LogP contribution in [0.25, 0.3) is 0 Å². The van der Waals surface area contributed by atoms with Crippen LogP contribution in [0.5, 0.6) is 5.75 Å². The minimum Gasteiger partial charge on any atom is -0.508 e. The van der Waals surface area contributed by atoms with Crippen molar-refractivity contribution in [1.29, 1.82) is 0 Å². The molecule has 0 aliphatic heterocycles. The number of anilines is 2. The van der Waals surface area contributed by atoms with Crippen molar-refractivity contribution in [2.45, 2.75) is 96.0 Å². The number of phenolic OH excluding ortho intramolecular Hbond substituents is 1. The number of nitrogens with zero attached hydrogens (tertiary/aromatic N) is 2. The van der Waals surface area contributed by atoms with Gasteiger partial charge in [0.15, 0.2) is 0 Å². The third kappa shape index (κ3) is 10.4. The van der Waals surface area contributed by atoms with E-state index in [1.165, 1.54) is 34.0 Å². The van der Waals surface area contributed by atoms with Crippen LogP contribution in [0.2, 0.25) is 0 Å². The average Bonchev–Trinajstić information content (AvgIpc) is 3.85. The Kier molecular flexibility index (Phi) is 13.9. The van der Waals surface area contributed by atoms with E-state index in [9.17, 15) is 37.8 Å². The first-order valence-electron chi connectivity index (χ1n) is 20.9. The number of carbonyl (C=O) groups excluding carboxylic acids is 4. The van der Waals surface area contributed by atoms with Crippen molar-refractivity contribution in [2.75, 3.05) is 36.6 Å². The van der Waals surface area contributed by atoms with Gasteiger partial charge in [-0.2, -0.15) is 8.42 Å². The molecule has 4 amide bonds. The van der Waals surface area contributed by atoms with Crippen molar-refractivity contribution in [3.63, 3.8) is 0 Å². The number of nitrogens with one attached hydrogen (secondary N) is 4. The summed E-state index contributed by atoms with van der Waals surface area (Å²) < 4.78 is 30.4. The van der Waals surface area contributed by atoms with E-state index in [-0.39, 0.29) is 48.2 Å². The first-order valence-corrected chi connectivity index (χ1v) is 22.4. The van der Waals surface area contributed by atoms with Crippen LogP contribution in [0.4, 0.5) is 11.4 Å². The van der Waals surface area contributed by atoms with Crippen molar-refractivity contribution in [2.24, 2.45) is 37.3 Å². The number of aromatic hydroxyl groups is 1. The highest BCUT2D eigenvalue weighted by molar-refractivity contribution is 7.86. The summed E-state index contributed by atoms with van der Waals surface area (Å²) in [6.07, 6.45) is 13.0. The maximum absolute atomic E-state index is 13.0. The molecule has 2 heterocycles. The molecule has 2 aromatic heterocycles. The lowest BCUT2D eigenvalue weighted by Crippen LogP contribution is -2.47. The molecule has 0 radical (unpaired) electrons. The molecule has 15 nitrogen and oxygen atoms in total. The Morgan fingerprint density at radius 2 is 1.54 bits per heavy atom. The van der Waals surface area contributed by atoms with Gasteiger partial charge in [0.05, 0.1) is 30.3 Å². The average molecular weight is 837 g/mol. The largest absolute Gasteiger partial charge is 0.508 e. The van der Waals surface area contributed by atoms with Gasteiger partial charge in [0.1, 0.15) is 17.1 Å². The number of aliphatic hydroxyl groups excluding tert-OH is 1. The topological polar surface area (TPSA) is 210 Å². The number of aliphatic hydroxyl groups is 1. The SMILES string of the molecule is COS(=O)(=O)CCC(=O)Nc1cc(C(=O)Nc2cc(C(=O)NCCC(=O)NCCCCCC[C@@H]3Cc4cc(O)ccc4[C@H]4CC[C@]5(C)[C@@H](O)CC[C@H]5[C@H]34)n(C)c2)n(C)c1. The lowest BCUT2D eigenvalue weighted by atomic mass is 9.52. The standard InChI is InChI=1S/C43H60N6O9S/c1-43-17-14-33-32-11-10-31(50)22-28(32)21-27(40(33)34(43)12-13-37(43)51)9-7-5-6-8-18-44-38(52)15-19-45-41(54)35-24-30(26-48(35)2)47-42(55)36-23-29(25-49(36)3)46-39(53)16-20-59(56,57)58-4/h10-11,22-27,33-34,37,40,50-51H,5-9,12-21H2,1-4H3,(H,44,52)(H,45,54)(H,46,53)(H,47,55)/t27-,33-,34+,37+,40-,43+/m1/s1. The maximum atomic E-state index is 13.0. The van der Waals surface area contributed by atoms with E-state index in [1.807, 2.05) is 12.1 Å². The zero-order valence-corrected chi connectivity index (χ0v) is 35.4. The Hall–Kier alpha value is -4.67. The lowest BCUT2D eigenvalue weighted by Gasteiger charge is -2.53. The van der Waals surface area contributed by atoms with E-state index in [0.29, 0.717) is 47.3 Å². The third-order valence-electron chi connectivity index (χ3n) is 13.1. The molecule has 59 heavy (non-hydrogen) atoms. The quantitative estimate of drug-likeness (QED) is 0.0755. The van der Waals surface area contributed by atoms with Gasteiger partial charge in [-0.15, -0.1) is 0 Å². The number of hydrogen-bond donors (Lipinski definition) is 6. The second-order valence-electron chi connectivity index (χ2n) is 17.0. The molecule has 0 spiro atoms. The van der Waals surface area contributed by atoms with E-state index in [2.05, 4.69) is 38.4 Å². The summed E-state index contributed by atoms with van der Waals surface area (Å²) in [5.41, 5.74) is 3.89. The van der Waals surface area contributed by atoms with Gasteiger partial charge in [-0.05, 0) is 109 Å². The van der Waals surface area contributed by atoms with E-state index in [0.717, 1.165) is 71.3 Å². The molecule has 1 aromatic carbocycles. The Balaban J connectivity index is 0.880. The number of aryl methyl sites for hydroxylation is 2. The van der Waals surface area contributed by atoms with Crippen molar-refractivity contribution in [3.05, 3.63) is 65.2 Å².